The number of nitrogens with zero attached hydrogens (tertiary/aromatic N) is 1. The molecule has 0 amide bonds. The van der Waals surface area contributed by atoms with Gasteiger partial charge >= 0.3 is 0 Å². The third kappa shape index (κ3) is 2.58. The molecule has 2 nitrogen and oxygen atoms in total. The second-order valence-electron chi connectivity index (χ2n) is 6.71. The molecular weight excluding hydrogens is 244 g/mol. The highest BCUT2D eigenvalue weighted by Crippen LogP contribution is 2.29. The Morgan fingerprint density at radius 3 is 2.90 bits per heavy atom. The largest absolute Gasteiger partial charge is 0.366 e. The summed E-state index contributed by atoms with van der Waals surface area (Å²) in [5, 5.41) is 3.73. The van der Waals surface area contributed by atoms with E-state index in [0.29, 0.717) is 12.1 Å². The highest BCUT2D eigenvalue weighted by Gasteiger charge is 2.28. The molecule has 0 spiro atoms. The number of benzene rings is 1. The predicted octanol–water partition coefficient (Wildman–Crippen LogP) is 3.39. The summed E-state index contributed by atoms with van der Waals surface area (Å²) in [6, 6.07) is 8.39. The smallest absolute Gasteiger partial charge is 0.0387 e. The highest BCUT2D eigenvalue weighted by atomic mass is 15.2. The van der Waals surface area contributed by atoms with Crippen LogP contribution < -0.4 is 10.2 Å². The summed E-state index contributed by atoms with van der Waals surface area (Å²) in [6.07, 6.45) is 5.15. The van der Waals surface area contributed by atoms with Crippen molar-refractivity contribution in [2.45, 2.75) is 58.5 Å². The summed E-state index contributed by atoms with van der Waals surface area (Å²) in [5.74, 6) is 0.749. The van der Waals surface area contributed by atoms with E-state index in [0.717, 1.165) is 19.0 Å². The van der Waals surface area contributed by atoms with Gasteiger partial charge in [-0.15, -0.1) is 0 Å². The number of fused-ring (bicyclic) bond motifs is 1. The molecule has 2 aliphatic rings. The van der Waals surface area contributed by atoms with Gasteiger partial charge in [0.15, 0.2) is 0 Å². The fourth-order valence-electron chi connectivity index (χ4n) is 3.65. The fraction of sp³-hybridized carbons (Fsp3) is 0.667. The molecule has 3 rings (SSSR count). The van der Waals surface area contributed by atoms with E-state index in [4.69, 9.17) is 0 Å². The summed E-state index contributed by atoms with van der Waals surface area (Å²) in [7, 11) is 0. The molecular formula is C18H28N2. The molecule has 2 heteroatoms. The van der Waals surface area contributed by atoms with E-state index in [-0.39, 0.29) is 0 Å². The van der Waals surface area contributed by atoms with Gasteiger partial charge in [0, 0.05) is 30.9 Å². The molecule has 1 heterocycles. The lowest BCUT2D eigenvalue weighted by Gasteiger charge is -2.42. The zero-order chi connectivity index (χ0) is 14.1. The Kier molecular flexibility index (Phi) is 4.02. The Balaban J connectivity index is 1.80. The summed E-state index contributed by atoms with van der Waals surface area (Å²) in [4.78, 5) is 2.62. The van der Waals surface area contributed by atoms with Crippen LogP contribution >= 0.6 is 0 Å². The monoisotopic (exact) mass is 272 g/mol. The maximum atomic E-state index is 3.73. The molecule has 0 saturated carbocycles. The number of hydrogen-bond donors (Lipinski definition) is 1. The van der Waals surface area contributed by atoms with Crippen molar-refractivity contribution in [3.63, 3.8) is 0 Å². The Hall–Kier alpha value is -1.02. The second-order valence-corrected chi connectivity index (χ2v) is 6.71. The van der Waals surface area contributed by atoms with Crippen LogP contribution in [-0.2, 0) is 12.8 Å². The van der Waals surface area contributed by atoms with E-state index in [1.165, 1.54) is 31.4 Å². The van der Waals surface area contributed by atoms with Gasteiger partial charge in [-0.05, 0) is 55.4 Å². The minimum absolute atomic E-state index is 0.592. The number of piperazine rings is 1. The molecule has 1 aromatic rings. The molecule has 3 unspecified atom stereocenters. The van der Waals surface area contributed by atoms with Gasteiger partial charge < -0.3 is 10.2 Å². The zero-order valence-corrected chi connectivity index (χ0v) is 13.2. The summed E-state index contributed by atoms with van der Waals surface area (Å²) < 4.78 is 0. The van der Waals surface area contributed by atoms with Crippen molar-refractivity contribution in [2.24, 2.45) is 5.92 Å². The molecule has 1 saturated heterocycles. The fourth-order valence-corrected chi connectivity index (χ4v) is 3.65. The van der Waals surface area contributed by atoms with Crippen LogP contribution in [0.3, 0.4) is 0 Å². The van der Waals surface area contributed by atoms with E-state index in [1.807, 2.05) is 0 Å². The second kappa shape index (κ2) is 5.77. The molecule has 110 valence electrons. The van der Waals surface area contributed by atoms with Gasteiger partial charge in [-0.3, -0.25) is 0 Å². The molecule has 1 fully saturated rings. The van der Waals surface area contributed by atoms with E-state index in [2.05, 4.69) is 49.2 Å². The maximum absolute atomic E-state index is 3.73. The lowest BCUT2D eigenvalue weighted by molar-refractivity contribution is 0.316. The molecule has 0 bridgehead atoms. The molecule has 1 aliphatic carbocycles. The molecule has 0 radical (unpaired) electrons. The van der Waals surface area contributed by atoms with Gasteiger partial charge in [0.1, 0.15) is 0 Å². The van der Waals surface area contributed by atoms with Crippen molar-refractivity contribution >= 4 is 5.69 Å². The van der Waals surface area contributed by atoms with E-state index < -0.39 is 0 Å². The van der Waals surface area contributed by atoms with Crippen LogP contribution in [0.25, 0.3) is 0 Å². The first kappa shape index (κ1) is 13.9. The third-order valence-corrected chi connectivity index (χ3v) is 5.35. The standard InChI is InChI=1S/C18H28N2/c1-4-13(2)18-12-20(14(3)11-19-18)17-9-8-15-6-5-7-16(15)10-17/h8-10,13-14,18-19H,4-7,11-12H2,1-3H3. The average Bonchev–Trinajstić information content (AvgIpc) is 2.94. The number of nitrogens with one attached hydrogen (secondary N) is 1. The minimum atomic E-state index is 0.592. The number of aryl methyl sites for hydroxylation is 2. The Labute approximate surface area is 123 Å². The lowest BCUT2D eigenvalue weighted by atomic mass is 9.95. The van der Waals surface area contributed by atoms with Gasteiger partial charge in [-0.25, -0.2) is 0 Å². The van der Waals surface area contributed by atoms with Crippen molar-refractivity contribution in [1.82, 2.24) is 5.32 Å². The Morgan fingerprint density at radius 2 is 2.10 bits per heavy atom. The molecule has 1 aromatic carbocycles. The van der Waals surface area contributed by atoms with Crippen molar-refractivity contribution in [1.29, 1.82) is 0 Å². The maximum Gasteiger partial charge on any atom is 0.0387 e. The Bertz CT molecular complexity index is 468. The zero-order valence-electron chi connectivity index (χ0n) is 13.2. The first-order valence-electron chi connectivity index (χ1n) is 8.31. The molecule has 0 aromatic heterocycles. The first-order chi connectivity index (χ1) is 9.69. The topological polar surface area (TPSA) is 15.3 Å². The van der Waals surface area contributed by atoms with Crippen molar-refractivity contribution in [2.75, 3.05) is 18.0 Å². The third-order valence-electron chi connectivity index (χ3n) is 5.35. The summed E-state index contributed by atoms with van der Waals surface area (Å²) in [6.45, 7) is 9.26. The number of hydrogen-bond acceptors (Lipinski definition) is 2. The highest BCUT2D eigenvalue weighted by molar-refractivity contribution is 5.53. The van der Waals surface area contributed by atoms with Crippen LogP contribution in [0, 0.1) is 5.92 Å². The normalized spacial score (nSPS) is 27.4. The average molecular weight is 272 g/mol. The van der Waals surface area contributed by atoms with Crippen LogP contribution in [0.4, 0.5) is 5.69 Å². The van der Waals surface area contributed by atoms with Gasteiger partial charge in [0.2, 0.25) is 0 Å². The summed E-state index contributed by atoms with van der Waals surface area (Å²) >= 11 is 0. The van der Waals surface area contributed by atoms with Crippen LogP contribution in [0.1, 0.15) is 44.7 Å². The van der Waals surface area contributed by atoms with Crippen molar-refractivity contribution in [3.05, 3.63) is 29.3 Å². The summed E-state index contributed by atoms with van der Waals surface area (Å²) in [5.41, 5.74) is 4.61. The Morgan fingerprint density at radius 1 is 1.30 bits per heavy atom. The van der Waals surface area contributed by atoms with Crippen molar-refractivity contribution < 1.29 is 0 Å². The van der Waals surface area contributed by atoms with Gasteiger partial charge in [-0.1, -0.05) is 26.3 Å². The van der Waals surface area contributed by atoms with Crippen LogP contribution in [0.5, 0.6) is 0 Å². The van der Waals surface area contributed by atoms with E-state index >= 15 is 0 Å². The number of anilines is 1. The van der Waals surface area contributed by atoms with Crippen molar-refractivity contribution in [3.8, 4) is 0 Å². The molecule has 20 heavy (non-hydrogen) atoms. The van der Waals surface area contributed by atoms with Gasteiger partial charge in [0.05, 0.1) is 0 Å². The quantitative estimate of drug-likeness (QED) is 0.907. The minimum Gasteiger partial charge on any atom is -0.366 e. The van der Waals surface area contributed by atoms with E-state index in [9.17, 15) is 0 Å². The lowest BCUT2D eigenvalue weighted by Crippen LogP contribution is -2.57. The molecule has 1 aliphatic heterocycles. The molecule has 3 atom stereocenters. The van der Waals surface area contributed by atoms with Gasteiger partial charge in [-0.2, -0.15) is 0 Å². The van der Waals surface area contributed by atoms with Crippen LogP contribution in [0.2, 0.25) is 0 Å². The number of rotatable bonds is 3. The SMILES string of the molecule is CCC(C)C1CN(c2ccc3c(c2)CCC3)C(C)CN1. The first-order valence-corrected chi connectivity index (χ1v) is 8.31. The van der Waals surface area contributed by atoms with E-state index in [1.54, 1.807) is 11.1 Å². The predicted molar refractivity (Wildman–Crippen MR) is 86.5 cm³/mol. The molecule has 1 N–H and O–H groups in total. The van der Waals surface area contributed by atoms with Crippen LogP contribution in [0.15, 0.2) is 18.2 Å². The van der Waals surface area contributed by atoms with Crippen LogP contribution in [-0.4, -0.2) is 25.2 Å². The van der Waals surface area contributed by atoms with Gasteiger partial charge in [0.25, 0.3) is 0 Å².